The summed E-state index contributed by atoms with van der Waals surface area (Å²) in [6.07, 6.45) is 4.43. The molecule has 94 valence electrons. The first kappa shape index (κ1) is 12.1. The van der Waals surface area contributed by atoms with Crippen LogP contribution in [0.4, 0.5) is 0 Å². The number of alkyl halides is 1. The van der Waals surface area contributed by atoms with Gasteiger partial charge in [0.15, 0.2) is 0 Å². The Labute approximate surface area is 116 Å². The smallest absolute Gasteiger partial charge is 0.0705 e. The van der Waals surface area contributed by atoms with E-state index in [1.54, 1.807) is 0 Å². The van der Waals surface area contributed by atoms with Gasteiger partial charge in [0.1, 0.15) is 0 Å². The Morgan fingerprint density at radius 1 is 1.17 bits per heavy atom. The van der Waals surface area contributed by atoms with Crippen LogP contribution in [0, 0.1) is 0 Å². The van der Waals surface area contributed by atoms with Gasteiger partial charge in [-0.05, 0) is 43.6 Å². The summed E-state index contributed by atoms with van der Waals surface area (Å²) >= 11 is 3.70. The van der Waals surface area contributed by atoms with Gasteiger partial charge in [-0.3, -0.25) is 9.88 Å². The zero-order valence-corrected chi connectivity index (χ0v) is 11.9. The average Bonchev–Trinajstić information content (AvgIpc) is 2.42. The Morgan fingerprint density at radius 2 is 1.94 bits per heavy atom. The lowest BCUT2D eigenvalue weighted by Crippen LogP contribution is -2.33. The van der Waals surface area contributed by atoms with Crippen molar-refractivity contribution >= 4 is 26.8 Å². The fourth-order valence-corrected chi connectivity index (χ4v) is 3.00. The molecule has 1 aliphatic rings. The molecular weight excluding hydrogens is 288 g/mol. The number of rotatable bonds is 2. The second kappa shape index (κ2) is 5.37. The van der Waals surface area contributed by atoms with E-state index in [0.29, 0.717) is 4.83 Å². The van der Waals surface area contributed by atoms with Crippen molar-refractivity contribution < 1.29 is 0 Å². The summed E-state index contributed by atoms with van der Waals surface area (Å²) in [5.74, 6) is 0. The van der Waals surface area contributed by atoms with Gasteiger partial charge in [-0.15, -0.1) is 0 Å². The van der Waals surface area contributed by atoms with Crippen molar-refractivity contribution in [2.45, 2.75) is 24.2 Å². The number of para-hydroxylation sites is 1. The van der Waals surface area contributed by atoms with E-state index < -0.39 is 0 Å². The molecule has 0 saturated carbocycles. The maximum atomic E-state index is 4.42. The van der Waals surface area contributed by atoms with Gasteiger partial charge in [-0.2, -0.15) is 0 Å². The number of hydrogen-bond acceptors (Lipinski definition) is 2. The van der Waals surface area contributed by atoms with Gasteiger partial charge in [0.2, 0.25) is 0 Å². The summed E-state index contributed by atoms with van der Waals surface area (Å²) in [7, 11) is 0. The zero-order valence-electron chi connectivity index (χ0n) is 10.3. The van der Waals surface area contributed by atoms with Gasteiger partial charge in [0.05, 0.1) is 5.52 Å². The number of pyridine rings is 1. The van der Waals surface area contributed by atoms with Crippen LogP contribution in [0.1, 0.15) is 18.4 Å². The zero-order chi connectivity index (χ0) is 12.4. The number of piperidine rings is 1. The number of benzene rings is 1. The van der Waals surface area contributed by atoms with Crippen molar-refractivity contribution in [1.82, 2.24) is 9.88 Å². The highest BCUT2D eigenvalue weighted by Gasteiger charge is 2.17. The summed E-state index contributed by atoms with van der Waals surface area (Å²) in [6.45, 7) is 3.42. The predicted molar refractivity (Wildman–Crippen MR) is 79.0 cm³/mol. The van der Waals surface area contributed by atoms with Gasteiger partial charge in [-0.25, -0.2) is 0 Å². The second-order valence-electron chi connectivity index (χ2n) is 4.94. The van der Waals surface area contributed by atoms with Gasteiger partial charge < -0.3 is 0 Å². The highest BCUT2D eigenvalue weighted by molar-refractivity contribution is 9.09. The summed E-state index contributed by atoms with van der Waals surface area (Å²) in [5, 5.41) is 1.29. The minimum atomic E-state index is 0.711. The van der Waals surface area contributed by atoms with Crippen LogP contribution in [0.5, 0.6) is 0 Å². The SMILES string of the molecule is BrC1CCN(Cc2ccnc3ccccc23)CC1. The van der Waals surface area contributed by atoms with Crippen LogP contribution >= 0.6 is 15.9 Å². The highest BCUT2D eigenvalue weighted by atomic mass is 79.9. The Morgan fingerprint density at radius 3 is 2.78 bits per heavy atom. The van der Waals surface area contributed by atoms with Crippen LogP contribution in [-0.2, 0) is 6.54 Å². The first-order chi connectivity index (χ1) is 8.83. The quantitative estimate of drug-likeness (QED) is 0.788. The molecule has 1 aromatic heterocycles. The third-order valence-corrected chi connectivity index (χ3v) is 4.57. The monoisotopic (exact) mass is 304 g/mol. The van der Waals surface area contributed by atoms with Crippen molar-refractivity contribution in [3.05, 3.63) is 42.1 Å². The lowest BCUT2D eigenvalue weighted by molar-refractivity contribution is 0.227. The third kappa shape index (κ3) is 2.57. The van der Waals surface area contributed by atoms with Crippen LogP contribution in [0.2, 0.25) is 0 Å². The van der Waals surface area contributed by atoms with E-state index in [1.807, 2.05) is 6.20 Å². The molecule has 0 aliphatic carbocycles. The molecule has 0 unspecified atom stereocenters. The number of likely N-dealkylation sites (tertiary alicyclic amines) is 1. The fraction of sp³-hybridized carbons (Fsp3) is 0.400. The molecule has 0 spiro atoms. The highest BCUT2D eigenvalue weighted by Crippen LogP contribution is 2.22. The molecule has 0 bridgehead atoms. The molecule has 1 saturated heterocycles. The second-order valence-corrected chi connectivity index (χ2v) is 6.23. The summed E-state index contributed by atoms with van der Waals surface area (Å²) < 4.78 is 0. The molecule has 3 heteroatoms. The van der Waals surface area contributed by atoms with Crippen LogP contribution in [0.3, 0.4) is 0 Å². The van der Waals surface area contributed by atoms with Crippen LogP contribution in [-0.4, -0.2) is 27.8 Å². The molecule has 0 atom stereocenters. The van der Waals surface area contributed by atoms with Crippen LogP contribution < -0.4 is 0 Å². The fourth-order valence-electron chi connectivity index (χ4n) is 2.59. The normalized spacial score (nSPS) is 18.3. The van der Waals surface area contributed by atoms with E-state index in [4.69, 9.17) is 0 Å². The van der Waals surface area contributed by atoms with E-state index in [2.05, 4.69) is 56.1 Å². The number of hydrogen-bond donors (Lipinski definition) is 0. The molecule has 18 heavy (non-hydrogen) atoms. The molecule has 0 amide bonds. The molecule has 1 aromatic carbocycles. The van der Waals surface area contributed by atoms with Gasteiger partial charge in [-0.1, -0.05) is 34.1 Å². The topological polar surface area (TPSA) is 16.1 Å². The van der Waals surface area contributed by atoms with Gasteiger partial charge in [0.25, 0.3) is 0 Å². The van der Waals surface area contributed by atoms with Crippen molar-refractivity contribution in [3.8, 4) is 0 Å². The molecule has 0 N–H and O–H groups in total. The molecule has 2 heterocycles. The standard InChI is InChI=1S/C15H17BrN2/c16-13-6-9-18(10-7-13)11-12-5-8-17-15-4-2-1-3-14(12)15/h1-5,8,13H,6-7,9-11H2. The third-order valence-electron chi connectivity index (χ3n) is 3.65. The Hall–Kier alpha value is -0.930. The van der Waals surface area contributed by atoms with Gasteiger partial charge in [0, 0.05) is 23.0 Å². The number of halogens is 1. The number of fused-ring (bicyclic) bond motifs is 1. The molecule has 1 fully saturated rings. The number of aromatic nitrogens is 1. The maximum Gasteiger partial charge on any atom is 0.0705 e. The lowest BCUT2D eigenvalue weighted by atomic mass is 10.1. The van der Waals surface area contributed by atoms with Crippen molar-refractivity contribution in [3.63, 3.8) is 0 Å². The van der Waals surface area contributed by atoms with Gasteiger partial charge >= 0.3 is 0 Å². The van der Waals surface area contributed by atoms with Crippen molar-refractivity contribution in [2.75, 3.05) is 13.1 Å². The van der Waals surface area contributed by atoms with Crippen molar-refractivity contribution in [2.24, 2.45) is 0 Å². The van der Waals surface area contributed by atoms with Crippen molar-refractivity contribution in [1.29, 1.82) is 0 Å². The molecule has 2 nitrogen and oxygen atoms in total. The van der Waals surface area contributed by atoms with Crippen LogP contribution in [0.15, 0.2) is 36.5 Å². The van der Waals surface area contributed by atoms with E-state index in [-0.39, 0.29) is 0 Å². The number of nitrogens with zero attached hydrogens (tertiary/aromatic N) is 2. The molecule has 0 radical (unpaired) electrons. The molecule has 1 aliphatic heterocycles. The Balaban J connectivity index is 1.82. The Kier molecular flexibility index (Phi) is 3.62. The first-order valence-corrected chi connectivity index (χ1v) is 7.43. The lowest BCUT2D eigenvalue weighted by Gasteiger charge is -2.29. The minimum absolute atomic E-state index is 0.711. The minimum Gasteiger partial charge on any atom is -0.299 e. The average molecular weight is 305 g/mol. The van der Waals surface area contributed by atoms with Crippen LogP contribution in [0.25, 0.3) is 10.9 Å². The maximum absolute atomic E-state index is 4.42. The largest absolute Gasteiger partial charge is 0.299 e. The van der Waals surface area contributed by atoms with E-state index in [9.17, 15) is 0 Å². The Bertz CT molecular complexity index is 528. The first-order valence-electron chi connectivity index (χ1n) is 6.52. The van der Waals surface area contributed by atoms with E-state index in [0.717, 1.165) is 12.1 Å². The van der Waals surface area contributed by atoms with E-state index in [1.165, 1.54) is 36.9 Å². The molecule has 3 rings (SSSR count). The summed E-state index contributed by atoms with van der Waals surface area (Å²) in [4.78, 5) is 7.67. The summed E-state index contributed by atoms with van der Waals surface area (Å²) in [6, 6.07) is 10.6. The van der Waals surface area contributed by atoms with E-state index >= 15 is 0 Å². The summed E-state index contributed by atoms with van der Waals surface area (Å²) in [5.41, 5.74) is 2.50. The predicted octanol–water partition coefficient (Wildman–Crippen LogP) is 3.59. The molecule has 2 aromatic rings. The molecular formula is C15H17BrN2.